The number of pyridine rings is 1. The normalized spacial score (nSPS) is 11.7. The number of hydrogen-bond donors (Lipinski definition) is 1. The second-order valence-electron chi connectivity index (χ2n) is 6.50. The lowest BCUT2D eigenvalue weighted by atomic mass is 10.3. The third kappa shape index (κ3) is 5.20. The summed E-state index contributed by atoms with van der Waals surface area (Å²) >= 11 is 12.0. The number of amides is 1. The fraction of sp³-hybridized carbons (Fsp3) is 0.0909. The summed E-state index contributed by atoms with van der Waals surface area (Å²) in [6.07, 6.45) is 2.31. The number of nitrogens with one attached hydrogen (secondary N) is 1. The molecule has 0 unspecified atom stereocenters. The molecule has 1 N–H and O–H groups in total. The Bertz CT molecular complexity index is 1240. The molecular weight excluding hydrogens is 439 g/mol. The molecule has 0 radical (unpaired) electrons. The van der Waals surface area contributed by atoms with E-state index in [9.17, 15) is 4.79 Å². The molecule has 0 aliphatic carbocycles. The van der Waals surface area contributed by atoms with Crippen LogP contribution < -0.4 is 14.8 Å². The van der Waals surface area contributed by atoms with Gasteiger partial charge in [-0.3, -0.25) is 4.79 Å². The van der Waals surface area contributed by atoms with Crippen molar-refractivity contribution in [2.24, 2.45) is 0 Å². The molecule has 31 heavy (non-hydrogen) atoms. The number of benzene rings is 2. The molecule has 156 valence electrons. The van der Waals surface area contributed by atoms with E-state index in [4.69, 9.17) is 32.7 Å². The van der Waals surface area contributed by atoms with Gasteiger partial charge < -0.3 is 14.8 Å². The van der Waals surface area contributed by atoms with E-state index < -0.39 is 6.10 Å². The van der Waals surface area contributed by atoms with Crippen LogP contribution in [0.3, 0.4) is 0 Å². The highest BCUT2D eigenvalue weighted by Crippen LogP contribution is 2.25. The summed E-state index contributed by atoms with van der Waals surface area (Å²) in [5.74, 6) is 1.32. The molecule has 0 saturated carbocycles. The molecule has 0 spiro atoms. The highest BCUT2D eigenvalue weighted by Gasteiger charge is 2.16. The van der Waals surface area contributed by atoms with Crippen molar-refractivity contribution in [2.45, 2.75) is 13.0 Å². The van der Waals surface area contributed by atoms with E-state index in [1.165, 1.54) is 6.20 Å². The van der Waals surface area contributed by atoms with Crippen molar-refractivity contribution in [3.63, 3.8) is 0 Å². The van der Waals surface area contributed by atoms with Gasteiger partial charge in [0.15, 0.2) is 11.9 Å². The van der Waals surface area contributed by atoms with Crippen molar-refractivity contribution in [3.05, 3.63) is 77.0 Å². The standard InChI is InChI=1S/C22H16Cl2N4O3/c1-13(22(29)28-21-17(24)3-2-10-25-21)30-15-5-7-16(8-6-15)31-20-12-26-19-11-14(23)4-9-18(19)27-20/h2-13H,1H3,(H,25,28,29)/t13-/m1/s1. The average molecular weight is 455 g/mol. The third-order valence-corrected chi connectivity index (χ3v) is 4.75. The van der Waals surface area contributed by atoms with Gasteiger partial charge in [-0.2, -0.15) is 0 Å². The zero-order valence-electron chi connectivity index (χ0n) is 16.3. The largest absolute Gasteiger partial charge is 0.481 e. The minimum absolute atomic E-state index is 0.284. The highest BCUT2D eigenvalue weighted by molar-refractivity contribution is 6.33. The van der Waals surface area contributed by atoms with Gasteiger partial charge in [-0.15, -0.1) is 0 Å². The lowest BCUT2D eigenvalue weighted by Gasteiger charge is -2.15. The van der Waals surface area contributed by atoms with Crippen molar-refractivity contribution in [1.82, 2.24) is 15.0 Å². The van der Waals surface area contributed by atoms with Crippen LogP contribution in [0.2, 0.25) is 10.0 Å². The summed E-state index contributed by atoms with van der Waals surface area (Å²) < 4.78 is 11.4. The van der Waals surface area contributed by atoms with Gasteiger partial charge >= 0.3 is 0 Å². The fourth-order valence-electron chi connectivity index (χ4n) is 2.68. The van der Waals surface area contributed by atoms with Gasteiger partial charge in [0.25, 0.3) is 5.91 Å². The van der Waals surface area contributed by atoms with Crippen molar-refractivity contribution in [1.29, 1.82) is 0 Å². The molecule has 2 aromatic heterocycles. The van der Waals surface area contributed by atoms with Gasteiger partial charge in [0.1, 0.15) is 11.5 Å². The number of carbonyl (C=O) groups excluding carboxylic acids is 1. The predicted molar refractivity (Wildman–Crippen MR) is 119 cm³/mol. The van der Waals surface area contributed by atoms with Gasteiger partial charge in [-0.05, 0) is 61.5 Å². The molecule has 7 nitrogen and oxygen atoms in total. The Morgan fingerprint density at radius 1 is 1.00 bits per heavy atom. The van der Waals surface area contributed by atoms with Gasteiger partial charge in [0.05, 0.1) is 22.3 Å². The first-order valence-electron chi connectivity index (χ1n) is 9.26. The van der Waals surface area contributed by atoms with Crippen LogP contribution in [0.5, 0.6) is 17.4 Å². The van der Waals surface area contributed by atoms with Gasteiger partial charge in [-0.25, -0.2) is 15.0 Å². The fourth-order valence-corrected chi connectivity index (χ4v) is 3.01. The van der Waals surface area contributed by atoms with Gasteiger partial charge in [0, 0.05) is 11.2 Å². The van der Waals surface area contributed by atoms with Crippen LogP contribution >= 0.6 is 23.2 Å². The second-order valence-corrected chi connectivity index (χ2v) is 7.34. The first-order chi connectivity index (χ1) is 15.0. The van der Waals surface area contributed by atoms with Crippen LogP contribution in [-0.4, -0.2) is 27.0 Å². The number of aromatic nitrogens is 3. The Balaban J connectivity index is 1.38. The van der Waals surface area contributed by atoms with Crippen molar-refractivity contribution in [2.75, 3.05) is 5.32 Å². The van der Waals surface area contributed by atoms with E-state index in [-0.39, 0.29) is 11.7 Å². The van der Waals surface area contributed by atoms with Crippen LogP contribution in [0.25, 0.3) is 11.0 Å². The smallest absolute Gasteiger partial charge is 0.266 e. The first kappa shape index (κ1) is 20.8. The topological polar surface area (TPSA) is 86.2 Å². The van der Waals surface area contributed by atoms with Crippen molar-refractivity contribution in [3.8, 4) is 17.4 Å². The van der Waals surface area contributed by atoms with Crippen LogP contribution in [0, 0.1) is 0 Å². The number of rotatable bonds is 6. The second kappa shape index (κ2) is 9.16. The van der Waals surface area contributed by atoms with Gasteiger partial charge in [-0.1, -0.05) is 23.2 Å². The molecule has 9 heteroatoms. The summed E-state index contributed by atoms with van der Waals surface area (Å²) in [4.78, 5) is 25.1. The van der Waals surface area contributed by atoms with Crippen LogP contribution in [0.1, 0.15) is 6.92 Å². The van der Waals surface area contributed by atoms with Gasteiger partial charge in [0.2, 0.25) is 5.88 Å². The maximum absolute atomic E-state index is 12.3. The third-order valence-electron chi connectivity index (χ3n) is 4.21. The Morgan fingerprint density at radius 2 is 1.77 bits per heavy atom. The molecule has 0 fully saturated rings. The van der Waals surface area contributed by atoms with Crippen LogP contribution in [-0.2, 0) is 4.79 Å². The number of nitrogens with zero attached hydrogens (tertiary/aromatic N) is 3. The molecule has 2 aromatic carbocycles. The number of hydrogen-bond acceptors (Lipinski definition) is 6. The Labute approximate surface area is 188 Å². The summed E-state index contributed by atoms with van der Waals surface area (Å²) in [6.45, 7) is 1.63. The molecule has 1 atom stereocenters. The Kier molecular flexibility index (Phi) is 6.16. The molecule has 2 heterocycles. The molecule has 4 aromatic rings. The number of carbonyl (C=O) groups is 1. The summed E-state index contributed by atoms with van der Waals surface area (Å²) in [6, 6.07) is 15.4. The molecule has 4 rings (SSSR count). The minimum Gasteiger partial charge on any atom is -0.481 e. The number of anilines is 1. The molecule has 1 amide bonds. The molecule has 0 aliphatic rings. The van der Waals surface area contributed by atoms with E-state index in [0.29, 0.717) is 38.5 Å². The maximum Gasteiger partial charge on any atom is 0.266 e. The van der Waals surface area contributed by atoms with E-state index in [2.05, 4.69) is 20.3 Å². The van der Waals surface area contributed by atoms with E-state index in [1.54, 1.807) is 67.7 Å². The molecule has 0 bridgehead atoms. The maximum atomic E-state index is 12.3. The Hall–Kier alpha value is -3.42. The minimum atomic E-state index is -0.761. The van der Waals surface area contributed by atoms with E-state index in [0.717, 1.165) is 0 Å². The van der Waals surface area contributed by atoms with Crippen molar-refractivity contribution >= 4 is 46.0 Å². The van der Waals surface area contributed by atoms with Crippen LogP contribution in [0.15, 0.2) is 67.0 Å². The van der Waals surface area contributed by atoms with Crippen molar-refractivity contribution < 1.29 is 14.3 Å². The lowest BCUT2D eigenvalue weighted by Crippen LogP contribution is -2.30. The first-order valence-corrected chi connectivity index (χ1v) is 10.0. The monoisotopic (exact) mass is 454 g/mol. The predicted octanol–water partition coefficient (Wildman–Crippen LogP) is 5.53. The quantitative estimate of drug-likeness (QED) is 0.412. The zero-order valence-corrected chi connectivity index (χ0v) is 17.8. The summed E-state index contributed by atoms with van der Waals surface area (Å²) in [7, 11) is 0. The van der Waals surface area contributed by atoms with E-state index in [1.807, 2.05) is 0 Å². The molecule has 0 aliphatic heterocycles. The zero-order chi connectivity index (χ0) is 21.8. The number of fused-ring (bicyclic) bond motifs is 1. The number of ether oxygens (including phenoxy) is 2. The SMILES string of the molecule is C[C@@H](Oc1ccc(Oc2cnc3cc(Cl)ccc3n2)cc1)C(=O)Nc1ncccc1Cl. The molecule has 0 saturated heterocycles. The average Bonchev–Trinajstić information content (AvgIpc) is 2.76. The number of halogens is 2. The van der Waals surface area contributed by atoms with Crippen LogP contribution in [0.4, 0.5) is 5.82 Å². The summed E-state index contributed by atoms with van der Waals surface area (Å²) in [5.41, 5.74) is 1.36. The van der Waals surface area contributed by atoms with E-state index >= 15 is 0 Å². The Morgan fingerprint density at radius 3 is 2.55 bits per heavy atom. The molecular formula is C22H16Cl2N4O3. The lowest BCUT2D eigenvalue weighted by molar-refractivity contribution is -0.122. The summed E-state index contributed by atoms with van der Waals surface area (Å²) in [5, 5.41) is 3.58. The highest BCUT2D eigenvalue weighted by atomic mass is 35.5.